The summed E-state index contributed by atoms with van der Waals surface area (Å²) >= 11 is 5.96. The fourth-order valence-corrected chi connectivity index (χ4v) is 3.72. The van der Waals surface area contributed by atoms with E-state index in [4.69, 9.17) is 17.3 Å². The van der Waals surface area contributed by atoms with Gasteiger partial charge in [0.25, 0.3) is 11.1 Å². The standard InChI is InChI=1S/C22H21ClN6O3/c1-2-27(13-16-10-18(30)28-12-15(23)8-9-17(28)25-16)19-20(24)29(22(32)26-21(19)31)11-14-6-4-3-5-7-14/h3-10,12H,2,11,13,24H2,1H3,(H,26,31,32). The van der Waals surface area contributed by atoms with Gasteiger partial charge >= 0.3 is 5.69 Å². The van der Waals surface area contributed by atoms with Crippen LogP contribution in [0, 0.1) is 0 Å². The van der Waals surface area contributed by atoms with E-state index in [1.165, 1.54) is 21.2 Å². The summed E-state index contributed by atoms with van der Waals surface area (Å²) in [6.07, 6.45) is 1.50. The first-order valence-corrected chi connectivity index (χ1v) is 10.3. The third-order valence-electron chi connectivity index (χ3n) is 5.12. The van der Waals surface area contributed by atoms with Crippen LogP contribution < -0.4 is 27.4 Å². The van der Waals surface area contributed by atoms with Crippen molar-refractivity contribution >= 4 is 28.8 Å². The molecule has 0 amide bonds. The fourth-order valence-electron chi connectivity index (χ4n) is 3.56. The van der Waals surface area contributed by atoms with Gasteiger partial charge in [-0.15, -0.1) is 0 Å². The summed E-state index contributed by atoms with van der Waals surface area (Å²) in [6.45, 7) is 2.61. The first kappa shape index (κ1) is 21.4. The van der Waals surface area contributed by atoms with Gasteiger partial charge in [-0.2, -0.15) is 0 Å². The molecule has 3 N–H and O–H groups in total. The van der Waals surface area contributed by atoms with Crippen LogP contribution in [-0.2, 0) is 13.1 Å². The number of fused-ring (bicyclic) bond motifs is 1. The molecule has 0 atom stereocenters. The molecule has 32 heavy (non-hydrogen) atoms. The van der Waals surface area contributed by atoms with E-state index >= 15 is 0 Å². The van der Waals surface area contributed by atoms with E-state index in [9.17, 15) is 14.4 Å². The molecule has 0 bridgehead atoms. The lowest BCUT2D eigenvalue weighted by Crippen LogP contribution is -2.38. The molecule has 0 fully saturated rings. The highest BCUT2D eigenvalue weighted by atomic mass is 35.5. The van der Waals surface area contributed by atoms with Crippen LogP contribution in [0.4, 0.5) is 11.5 Å². The summed E-state index contributed by atoms with van der Waals surface area (Å²) in [5, 5.41) is 0.421. The number of aromatic amines is 1. The number of nitrogens with two attached hydrogens (primary N) is 1. The molecule has 0 radical (unpaired) electrons. The van der Waals surface area contributed by atoms with Crippen LogP contribution in [0.3, 0.4) is 0 Å². The van der Waals surface area contributed by atoms with Crippen LogP contribution in [0.15, 0.2) is 69.1 Å². The number of rotatable bonds is 6. The predicted octanol–water partition coefficient (Wildman–Crippen LogP) is 1.85. The topological polar surface area (TPSA) is 118 Å². The Balaban J connectivity index is 1.75. The minimum absolute atomic E-state index is 0.0498. The third kappa shape index (κ3) is 4.15. The normalized spacial score (nSPS) is 11.1. The molecule has 0 aliphatic heterocycles. The number of nitrogens with zero attached hydrogens (tertiary/aromatic N) is 4. The smallest absolute Gasteiger partial charge is 0.330 e. The third-order valence-corrected chi connectivity index (χ3v) is 5.35. The lowest BCUT2D eigenvalue weighted by atomic mass is 10.2. The van der Waals surface area contributed by atoms with Gasteiger partial charge in [-0.3, -0.25) is 23.5 Å². The van der Waals surface area contributed by atoms with Gasteiger partial charge < -0.3 is 10.6 Å². The van der Waals surface area contributed by atoms with Gasteiger partial charge in [-0.25, -0.2) is 9.78 Å². The molecule has 4 rings (SSSR count). The monoisotopic (exact) mass is 452 g/mol. The molecule has 0 saturated carbocycles. The highest BCUT2D eigenvalue weighted by molar-refractivity contribution is 6.30. The maximum atomic E-state index is 12.7. The molecule has 164 valence electrons. The van der Waals surface area contributed by atoms with Crippen molar-refractivity contribution < 1.29 is 0 Å². The molecule has 0 unspecified atom stereocenters. The molecule has 0 aliphatic carbocycles. The van der Waals surface area contributed by atoms with Gasteiger partial charge in [0, 0.05) is 18.8 Å². The molecule has 3 heterocycles. The van der Waals surface area contributed by atoms with E-state index in [2.05, 4.69) is 9.97 Å². The largest absolute Gasteiger partial charge is 0.383 e. The summed E-state index contributed by atoms with van der Waals surface area (Å²) in [4.78, 5) is 46.2. The van der Waals surface area contributed by atoms with E-state index in [0.29, 0.717) is 22.9 Å². The number of hydrogen-bond donors (Lipinski definition) is 2. The summed E-state index contributed by atoms with van der Waals surface area (Å²) in [5.74, 6) is 0.0498. The highest BCUT2D eigenvalue weighted by Gasteiger charge is 2.19. The number of nitrogen functional groups attached to an aromatic ring is 1. The van der Waals surface area contributed by atoms with Crippen molar-refractivity contribution in [3.8, 4) is 0 Å². The Bertz CT molecular complexity index is 1460. The zero-order valence-electron chi connectivity index (χ0n) is 17.3. The van der Waals surface area contributed by atoms with Gasteiger partial charge in [-0.1, -0.05) is 41.9 Å². The van der Waals surface area contributed by atoms with Crippen LogP contribution in [0.1, 0.15) is 18.2 Å². The van der Waals surface area contributed by atoms with E-state index in [1.54, 1.807) is 17.0 Å². The first-order valence-electron chi connectivity index (χ1n) is 9.96. The number of aromatic nitrogens is 4. The average Bonchev–Trinajstić information content (AvgIpc) is 2.77. The minimum Gasteiger partial charge on any atom is -0.383 e. The Morgan fingerprint density at radius 2 is 1.88 bits per heavy atom. The highest BCUT2D eigenvalue weighted by Crippen LogP contribution is 2.19. The van der Waals surface area contributed by atoms with Crippen LogP contribution in [0.5, 0.6) is 0 Å². The Hall–Kier alpha value is -3.85. The molecule has 10 heteroatoms. The number of benzene rings is 1. The van der Waals surface area contributed by atoms with Crippen molar-refractivity contribution in [2.75, 3.05) is 17.2 Å². The maximum absolute atomic E-state index is 12.7. The fraction of sp³-hybridized carbons (Fsp3) is 0.182. The molecule has 0 saturated heterocycles. The number of nitrogens with one attached hydrogen (secondary N) is 1. The summed E-state index contributed by atoms with van der Waals surface area (Å²) < 4.78 is 2.67. The summed E-state index contributed by atoms with van der Waals surface area (Å²) in [7, 11) is 0. The maximum Gasteiger partial charge on any atom is 0.330 e. The van der Waals surface area contributed by atoms with Crippen molar-refractivity contribution in [3.05, 3.63) is 102 Å². The number of H-pyrrole nitrogens is 1. The average molecular weight is 453 g/mol. The lowest BCUT2D eigenvalue weighted by molar-refractivity contribution is 0.715. The molecule has 9 nitrogen and oxygen atoms in total. The Kier molecular flexibility index (Phi) is 5.83. The van der Waals surface area contributed by atoms with Crippen LogP contribution in [0.2, 0.25) is 5.02 Å². The Labute approximate surface area is 187 Å². The minimum atomic E-state index is -0.594. The van der Waals surface area contributed by atoms with E-state index < -0.39 is 11.2 Å². The molecule has 0 spiro atoms. The van der Waals surface area contributed by atoms with Crippen molar-refractivity contribution in [1.29, 1.82) is 0 Å². The molecular formula is C22H21ClN6O3. The number of halogens is 1. The number of anilines is 2. The quantitative estimate of drug-likeness (QED) is 0.461. The molecular weight excluding hydrogens is 432 g/mol. The SMILES string of the molecule is CCN(Cc1cc(=O)n2cc(Cl)ccc2n1)c1c(N)n(Cc2ccccc2)c(=O)[nH]c1=O. The molecule has 4 aromatic rings. The van der Waals surface area contributed by atoms with Gasteiger partial charge in [0.15, 0.2) is 0 Å². The second-order valence-electron chi connectivity index (χ2n) is 7.24. The van der Waals surface area contributed by atoms with Crippen molar-refractivity contribution in [1.82, 2.24) is 18.9 Å². The predicted molar refractivity (Wildman–Crippen MR) is 124 cm³/mol. The van der Waals surface area contributed by atoms with Gasteiger partial charge in [0.1, 0.15) is 17.2 Å². The van der Waals surface area contributed by atoms with E-state index in [0.717, 1.165) is 5.56 Å². The number of pyridine rings is 1. The second-order valence-corrected chi connectivity index (χ2v) is 7.68. The van der Waals surface area contributed by atoms with E-state index in [-0.39, 0.29) is 30.2 Å². The van der Waals surface area contributed by atoms with Crippen molar-refractivity contribution in [3.63, 3.8) is 0 Å². The van der Waals surface area contributed by atoms with Gasteiger partial charge in [0.2, 0.25) is 0 Å². The number of hydrogen-bond acceptors (Lipinski definition) is 6. The molecule has 1 aromatic carbocycles. The zero-order valence-corrected chi connectivity index (χ0v) is 18.0. The van der Waals surface area contributed by atoms with E-state index in [1.807, 2.05) is 37.3 Å². The van der Waals surface area contributed by atoms with Crippen LogP contribution in [0.25, 0.3) is 5.65 Å². The molecule has 3 aromatic heterocycles. The van der Waals surface area contributed by atoms with Crippen LogP contribution >= 0.6 is 11.6 Å². The van der Waals surface area contributed by atoms with Crippen molar-refractivity contribution in [2.24, 2.45) is 0 Å². The van der Waals surface area contributed by atoms with Crippen LogP contribution in [-0.4, -0.2) is 25.5 Å². The summed E-state index contributed by atoms with van der Waals surface area (Å²) in [5.41, 5.74) is 6.74. The summed E-state index contributed by atoms with van der Waals surface area (Å²) in [6, 6.07) is 14.0. The first-order chi connectivity index (χ1) is 15.4. The second kappa shape index (κ2) is 8.72. The molecule has 0 aliphatic rings. The van der Waals surface area contributed by atoms with Gasteiger partial charge in [-0.05, 0) is 24.6 Å². The zero-order chi connectivity index (χ0) is 22.8. The Morgan fingerprint density at radius 1 is 1.12 bits per heavy atom. The lowest BCUT2D eigenvalue weighted by Gasteiger charge is -2.24. The Morgan fingerprint density at radius 3 is 2.59 bits per heavy atom. The van der Waals surface area contributed by atoms with Gasteiger partial charge in [0.05, 0.1) is 23.8 Å². The van der Waals surface area contributed by atoms with Crippen molar-refractivity contribution in [2.45, 2.75) is 20.0 Å².